The van der Waals surface area contributed by atoms with Gasteiger partial charge in [-0.1, -0.05) is 12.1 Å². The number of benzene rings is 2. The molecule has 2 heterocycles. The van der Waals surface area contributed by atoms with E-state index in [2.05, 4.69) is 15.8 Å². The minimum absolute atomic E-state index is 0.0121. The second-order valence-electron chi connectivity index (χ2n) is 7.93. The standard InChI is InChI=1S/C24H25F2N3O3S/c1-15-27-19(14-33-15)17-5-6-20-18(11-17)8-9-29(20)23(30)13-28(2)12-16-4-7-21(32-24(25)26)22(10-16)31-3/h4-7,10-11,14,24H,8-9,12-13H2,1-3H3. The molecule has 0 radical (unpaired) electrons. The maximum atomic E-state index is 13.0. The quantitative estimate of drug-likeness (QED) is 0.473. The number of halogens is 2. The first-order chi connectivity index (χ1) is 15.8. The number of rotatable bonds is 8. The highest BCUT2D eigenvalue weighted by Gasteiger charge is 2.26. The molecule has 0 bridgehead atoms. The van der Waals surface area contributed by atoms with E-state index in [0.29, 0.717) is 13.1 Å². The maximum absolute atomic E-state index is 13.0. The predicted octanol–water partition coefficient (Wildman–Crippen LogP) is 4.75. The van der Waals surface area contributed by atoms with Crippen molar-refractivity contribution in [3.63, 3.8) is 0 Å². The number of alkyl halides is 2. The Balaban J connectivity index is 1.40. The molecule has 2 aromatic carbocycles. The van der Waals surface area contributed by atoms with Gasteiger partial charge < -0.3 is 14.4 Å². The summed E-state index contributed by atoms with van der Waals surface area (Å²) in [4.78, 5) is 21.3. The van der Waals surface area contributed by atoms with Crippen LogP contribution >= 0.6 is 11.3 Å². The van der Waals surface area contributed by atoms with E-state index in [-0.39, 0.29) is 24.0 Å². The van der Waals surface area contributed by atoms with Gasteiger partial charge in [0.05, 0.1) is 24.4 Å². The molecule has 0 fully saturated rings. The van der Waals surface area contributed by atoms with E-state index in [1.165, 1.54) is 13.2 Å². The molecule has 9 heteroatoms. The normalized spacial score (nSPS) is 13.0. The molecule has 0 aliphatic carbocycles. The Morgan fingerprint density at radius 2 is 2.06 bits per heavy atom. The highest BCUT2D eigenvalue weighted by molar-refractivity contribution is 7.09. The van der Waals surface area contributed by atoms with Crippen molar-refractivity contribution < 1.29 is 23.0 Å². The van der Waals surface area contributed by atoms with Crippen LogP contribution in [-0.2, 0) is 17.8 Å². The summed E-state index contributed by atoms with van der Waals surface area (Å²) >= 11 is 1.62. The van der Waals surface area contributed by atoms with Crippen LogP contribution in [0.15, 0.2) is 41.8 Å². The van der Waals surface area contributed by atoms with Gasteiger partial charge in [-0.05, 0) is 55.8 Å². The number of amides is 1. The Hall–Kier alpha value is -3.04. The van der Waals surface area contributed by atoms with Gasteiger partial charge in [0.1, 0.15) is 0 Å². The van der Waals surface area contributed by atoms with Gasteiger partial charge in [-0.3, -0.25) is 9.69 Å². The van der Waals surface area contributed by atoms with Gasteiger partial charge in [0, 0.05) is 29.7 Å². The summed E-state index contributed by atoms with van der Waals surface area (Å²) in [6, 6.07) is 10.9. The predicted molar refractivity (Wildman–Crippen MR) is 124 cm³/mol. The van der Waals surface area contributed by atoms with Crippen LogP contribution in [0.5, 0.6) is 11.5 Å². The number of carbonyl (C=O) groups excluding carboxylic acids is 1. The number of aryl methyl sites for hydroxylation is 1. The second kappa shape index (κ2) is 9.84. The Morgan fingerprint density at radius 1 is 1.24 bits per heavy atom. The Labute approximate surface area is 195 Å². The topological polar surface area (TPSA) is 54.9 Å². The number of likely N-dealkylation sites (N-methyl/N-ethyl adjacent to an activating group) is 1. The number of methoxy groups -OCH3 is 1. The van der Waals surface area contributed by atoms with Crippen molar-refractivity contribution in [3.05, 3.63) is 57.9 Å². The van der Waals surface area contributed by atoms with Crippen molar-refractivity contribution in [2.75, 3.05) is 32.1 Å². The lowest BCUT2D eigenvalue weighted by Gasteiger charge is -2.22. The van der Waals surface area contributed by atoms with E-state index >= 15 is 0 Å². The van der Waals surface area contributed by atoms with Crippen molar-refractivity contribution in [1.82, 2.24) is 9.88 Å². The Bertz CT molecular complexity index is 1150. The van der Waals surface area contributed by atoms with Gasteiger partial charge in [0.25, 0.3) is 0 Å². The van der Waals surface area contributed by atoms with E-state index in [4.69, 9.17) is 4.74 Å². The lowest BCUT2D eigenvalue weighted by Crippen LogP contribution is -2.37. The van der Waals surface area contributed by atoms with E-state index in [1.807, 2.05) is 41.3 Å². The fourth-order valence-corrected chi connectivity index (χ4v) is 4.63. The smallest absolute Gasteiger partial charge is 0.387 e. The summed E-state index contributed by atoms with van der Waals surface area (Å²) in [6.45, 7) is 0.397. The summed E-state index contributed by atoms with van der Waals surface area (Å²) in [5, 5.41) is 3.07. The minimum Gasteiger partial charge on any atom is -0.493 e. The zero-order chi connectivity index (χ0) is 23.5. The van der Waals surface area contributed by atoms with Crippen molar-refractivity contribution in [2.45, 2.75) is 26.5 Å². The van der Waals surface area contributed by atoms with Crippen LogP contribution in [0.3, 0.4) is 0 Å². The van der Waals surface area contributed by atoms with E-state index in [0.717, 1.165) is 39.5 Å². The van der Waals surface area contributed by atoms with E-state index in [9.17, 15) is 13.6 Å². The van der Waals surface area contributed by atoms with Crippen LogP contribution in [0.2, 0.25) is 0 Å². The highest BCUT2D eigenvalue weighted by Crippen LogP contribution is 2.33. The number of aromatic nitrogens is 1. The molecule has 1 aliphatic rings. The zero-order valence-electron chi connectivity index (χ0n) is 18.7. The number of nitrogens with zero attached hydrogens (tertiary/aromatic N) is 3. The zero-order valence-corrected chi connectivity index (χ0v) is 19.5. The molecule has 6 nitrogen and oxygen atoms in total. The average Bonchev–Trinajstić information content (AvgIpc) is 3.40. The van der Waals surface area contributed by atoms with Crippen molar-refractivity contribution >= 4 is 22.9 Å². The molecule has 3 aromatic rings. The largest absolute Gasteiger partial charge is 0.493 e. The highest BCUT2D eigenvalue weighted by atomic mass is 32.1. The summed E-state index contributed by atoms with van der Waals surface area (Å²) in [5.74, 6) is 0.223. The molecule has 0 saturated heterocycles. The summed E-state index contributed by atoms with van der Waals surface area (Å²) in [6.07, 6.45) is 0.810. The lowest BCUT2D eigenvalue weighted by molar-refractivity contribution is -0.119. The van der Waals surface area contributed by atoms with Gasteiger partial charge in [-0.15, -0.1) is 11.3 Å². The first-order valence-electron chi connectivity index (χ1n) is 10.5. The molecule has 174 valence electrons. The molecule has 33 heavy (non-hydrogen) atoms. The molecule has 1 aromatic heterocycles. The van der Waals surface area contributed by atoms with Crippen LogP contribution in [0.1, 0.15) is 16.1 Å². The molecule has 0 atom stereocenters. The van der Waals surface area contributed by atoms with Gasteiger partial charge in [0.2, 0.25) is 5.91 Å². The van der Waals surface area contributed by atoms with Gasteiger partial charge in [0.15, 0.2) is 11.5 Å². The number of carbonyl (C=O) groups is 1. The van der Waals surface area contributed by atoms with Crippen molar-refractivity contribution in [2.24, 2.45) is 0 Å². The molecule has 0 N–H and O–H groups in total. The first-order valence-corrected chi connectivity index (χ1v) is 11.4. The molecule has 4 rings (SSSR count). The molecule has 0 unspecified atom stereocenters. The molecule has 0 saturated carbocycles. The molecular weight excluding hydrogens is 448 g/mol. The number of fused-ring (bicyclic) bond motifs is 1. The summed E-state index contributed by atoms with van der Waals surface area (Å²) in [7, 11) is 3.25. The molecular formula is C24H25F2N3O3S. The van der Waals surface area contributed by atoms with Crippen LogP contribution in [0, 0.1) is 6.92 Å². The Morgan fingerprint density at radius 3 is 2.76 bits per heavy atom. The first kappa shape index (κ1) is 23.1. The van der Waals surface area contributed by atoms with Crippen LogP contribution in [0.4, 0.5) is 14.5 Å². The molecule has 1 amide bonds. The van der Waals surface area contributed by atoms with Gasteiger partial charge >= 0.3 is 6.61 Å². The Kier molecular flexibility index (Phi) is 6.90. The van der Waals surface area contributed by atoms with Crippen molar-refractivity contribution in [3.8, 4) is 22.8 Å². The summed E-state index contributed by atoms with van der Waals surface area (Å²) < 4.78 is 34.7. The fourth-order valence-electron chi connectivity index (χ4n) is 4.00. The number of anilines is 1. The van der Waals surface area contributed by atoms with E-state index in [1.54, 1.807) is 23.5 Å². The second-order valence-corrected chi connectivity index (χ2v) is 8.99. The maximum Gasteiger partial charge on any atom is 0.387 e. The number of hydrogen-bond acceptors (Lipinski definition) is 6. The molecule has 1 aliphatic heterocycles. The molecule has 0 spiro atoms. The van der Waals surface area contributed by atoms with Crippen molar-refractivity contribution in [1.29, 1.82) is 0 Å². The summed E-state index contributed by atoms with van der Waals surface area (Å²) in [5.41, 5.74) is 4.95. The third kappa shape index (κ3) is 5.31. The monoisotopic (exact) mass is 473 g/mol. The third-order valence-electron chi connectivity index (χ3n) is 5.49. The lowest BCUT2D eigenvalue weighted by atomic mass is 10.1. The SMILES string of the molecule is COc1cc(CN(C)CC(=O)N2CCc3cc(-c4csc(C)n4)ccc32)ccc1OC(F)F. The fraction of sp³-hybridized carbons (Fsp3) is 0.333. The van der Waals surface area contributed by atoms with Crippen LogP contribution in [-0.4, -0.2) is 49.6 Å². The number of hydrogen-bond donors (Lipinski definition) is 0. The number of ether oxygens (including phenoxy) is 2. The van der Waals surface area contributed by atoms with Gasteiger partial charge in [-0.2, -0.15) is 8.78 Å². The third-order valence-corrected chi connectivity index (χ3v) is 6.27. The van der Waals surface area contributed by atoms with Gasteiger partial charge in [-0.25, -0.2) is 4.98 Å². The van der Waals surface area contributed by atoms with Crippen LogP contribution in [0.25, 0.3) is 11.3 Å². The minimum atomic E-state index is -2.92. The van der Waals surface area contributed by atoms with Crippen LogP contribution < -0.4 is 14.4 Å². The number of thiazole rings is 1. The van der Waals surface area contributed by atoms with E-state index < -0.39 is 6.61 Å². The average molecular weight is 474 g/mol.